The molecule has 0 radical (unpaired) electrons. The topological polar surface area (TPSA) is 65.3 Å². The van der Waals surface area contributed by atoms with Crippen molar-refractivity contribution in [1.29, 1.82) is 0 Å². The van der Waals surface area contributed by atoms with Crippen molar-refractivity contribution in [3.63, 3.8) is 0 Å². The van der Waals surface area contributed by atoms with Gasteiger partial charge < -0.3 is 19.2 Å². The third kappa shape index (κ3) is 3.35. The van der Waals surface area contributed by atoms with Crippen LogP contribution in [-0.4, -0.2) is 22.2 Å². The van der Waals surface area contributed by atoms with Crippen molar-refractivity contribution in [2.24, 2.45) is 13.0 Å². The van der Waals surface area contributed by atoms with Crippen LogP contribution in [0.5, 0.6) is 5.75 Å². The molecule has 136 valence electrons. The molecule has 0 fully saturated rings. The third-order valence-corrected chi connectivity index (χ3v) is 4.33. The van der Waals surface area contributed by atoms with Crippen LogP contribution in [-0.2, 0) is 13.6 Å². The van der Waals surface area contributed by atoms with E-state index in [4.69, 9.17) is 4.74 Å². The van der Waals surface area contributed by atoms with Crippen LogP contribution in [0.3, 0.4) is 0 Å². The van der Waals surface area contributed by atoms with E-state index in [-0.39, 0.29) is 11.5 Å². The fourth-order valence-electron chi connectivity index (χ4n) is 3.00. The van der Waals surface area contributed by atoms with Crippen molar-refractivity contribution >= 4 is 22.5 Å². The first-order valence-electron chi connectivity index (χ1n) is 8.55. The van der Waals surface area contributed by atoms with E-state index < -0.39 is 0 Å². The summed E-state index contributed by atoms with van der Waals surface area (Å²) in [4.78, 5) is 25.3. The van der Waals surface area contributed by atoms with E-state index in [2.05, 4.69) is 19.2 Å². The third-order valence-electron chi connectivity index (χ3n) is 4.33. The van der Waals surface area contributed by atoms with Gasteiger partial charge in [-0.1, -0.05) is 13.8 Å². The molecule has 3 rings (SSSR count). The molecule has 1 aromatic carbocycles. The number of hydrogen-bond donors (Lipinski definition) is 1. The Kier molecular flexibility index (Phi) is 4.84. The van der Waals surface area contributed by atoms with Gasteiger partial charge in [-0.25, -0.2) is 0 Å². The molecule has 6 heteroatoms. The average Bonchev–Trinajstić information content (AvgIpc) is 2.95. The molecule has 3 aromatic rings. The highest BCUT2D eigenvalue weighted by Crippen LogP contribution is 2.19. The summed E-state index contributed by atoms with van der Waals surface area (Å²) < 4.78 is 8.55. The number of rotatable bonds is 5. The molecule has 2 heterocycles. The number of pyridine rings is 1. The molecule has 6 nitrogen and oxygen atoms in total. The molecule has 0 saturated carbocycles. The van der Waals surface area contributed by atoms with Gasteiger partial charge in [0.2, 0.25) is 0 Å². The number of fused-ring (bicyclic) bond motifs is 1. The highest BCUT2D eigenvalue weighted by Gasteiger charge is 2.16. The van der Waals surface area contributed by atoms with Gasteiger partial charge in [-0.05, 0) is 42.3 Å². The molecule has 26 heavy (non-hydrogen) atoms. The summed E-state index contributed by atoms with van der Waals surface area (Å²) in [5.41, 5.74) is 1.78. The Morgan fingerprint density at radius 1 is 1.19 bits per heavy atom. The molecular formula is C20H23N3O3. The van der Waals surface area contributed by atoms with Gasteiger partial charge in [0.25, 0.3) is 11.5 Å². The Morgan fingerprint density at radius 3 is 2.50 bits per heavy atom. The number of aryl methyl sites for hydroxylation is 1. The molecule has 0 aliphatic carbocycles. The zero-order valence-electron chi connectivity index (χ0n) is 15.4. The molecule has 0 unspecified atom stereocenters. The Bertz CT molecular complexity index is 998. The van der Waals surface area contributed by atoms with Crippen molar-refractivity contribution < 1.29 is 9.53 Å². The van der Waals surface area contributed by atoms with Crippen LogP contribution in [0.2, 0.25) is 0 Å². The van der Waals surface area contributed by atoms with Gasteiger partial charge in [0.05, 0.1) is 18.0 Å². The smallest absolute Gasteiger partial charge is 0.272 e. The van der Waals surface area contributed by atoms with Crippen molar-refractivity contribution in [3.8, 4) is 5.75 Å². The van der Waals surface area contributed by atoms with Crippen LogP contribution in [0.4, 0.5) is 5.69 Å². The number of ether oxygens (including phenoxy) is 1. The number of aromatic nitrogens is 2. The molecule has 0 aliphatic rings. The molecule has 0 bridgehead atoms. The van der Waals surface area contributed by atoms with E-state index in [0.717, 1.165) is 11.3 Å². The minimum Gasteiger partial charge on any atom is -0.497 e. The van der Waals surface area contributed by atoms with Gasteiger partial charge >= 0.3 is 0 Å². The van der Waals surface area contributed by atoms with Crippen LogP contribution >= 0.6 is 0 Å². The minimum atomic E-state index is -0.260. The lowest BCUT2D eigenvalue weighted by Crippen LogP contribution is -2.21. The SMILES string of the molecule is COc1ccc(NC(=O)c2cc3c(=O)n(CC(C)C)ccc3n2C)cc1. The lowest BCUT2D eigenvalue weighted by Gasteiger charge is -2.09. The number of carbonyl (C=O) groups excluding carboxylic acids is 1. The zero-order chi connectivity index (χ0) is 18.8. The first-order chi connectivity index (χ1) is 12.4. The summed E-state index contributed by atoms with van der Waals surface area (Å²) in [6.07, 6.45) is 1.79. The summed E-state index contributed by atoms with van der Waals surface area (Å²) in [7, 11) is 3.38. The Hall–Kier alpha value is -3.02. The summed E-state index contributed by atoms with van der Waals surface area (Å²) in [5.74, 6) is 0.827. The summed E-state index contributed by atoms with van der Waals surface area (Å²) in [6.45, 7) is 4.78. The Labute approximate surface area is 152 Å². The number of hydrogen-bond acceptors (Lipinski definition) is 3. The summed E-state index contributed by atoms with van der Waals surface area (Å²) in [6, 6.07) is 10.6. The van der Waals surface area contributed by atoms with E-state index >= 15 is 0 Å². The Morgan fingerprint density at radius 2 is 1.88 bits per heavy atom. The number of nitrogens with one attached hydrogen (secondary N) is 1. The van der Waals surface area contributed by atoms with Crippen LogP contribution in [0.25, 0.3) is 10.9 Å². The van der Waals surface area contributed by atoms with Gasteiger partial charge in [0, 0.05) is 25.5 Å². The van der Waals surface area contributed by atoms with E-state index in [1.807, 2.05) is 6.07 Å². The number of methoxy groups -OCH3 is 1. The van der Waals surface area contributed by atoms with Crippen LogP contribution in [0.1, 0.15) is 24.3 Å². The van der Waals surface area contributed by atoms with E-state index in [1.54, 1.807) is 59.8 Å². The minimum absolute atomic E-state index is 0.0738. The maximum atomic E-state index is 12.7. The maximum Gasteiger partial charge on any atom is 0.272 e. The maximum absolute atomic E-state index is 12.7. The number of benzene rings is 1. The van der Waals surface area contributed by atoms with Crippen LogP contribution < -0.4 is 15.6 Å². The fourth-order valence-corrected chi connectivity index (χ4v) is 3.00. The van der Waals surface area contributed by atoms with Crippen LogP contribution in [0, 0.1) is 5.92 Å². The first-order valence-corrected chi connectivity index (χ1v) is 8.55. The predicted molar refractivity (Wildman–Crippen MR) is 103 cm³/mol. The van der Waals surface area contributed by atoms with Gasteiger partial charge in [-0.15, -0.1) is 0 Å². The number of anilines is 1. The number of nitrogens with zero attached hydrogens (tertiary/aromatic N) is 2. The standard InChI is InChI=1S/C20H23N3O3/c1-13(2)12-23-10-9-17-16(20(23)25)11-18(22(17)3)19(24)21-14-5-7-15(26-4)8-6-14/h5-11,13H,12H2,1-4H3,(H,21,24). The average molecular weight is 353 g/mol. The molecule has 0 atom stereocenters. The molecule has 0 aliphatic heterocycles. The van der Waals surface area contributed by atoms with Crippen molar-refractivity contribution in [2.45, 2.75) is 20.4 Å². The fraction of sp³-hybridized carbons (Fsp3) is 0.300. The van der Waals surface area contributed by atoms with Crippen LogP contribution in [0.15, 0.2) is 47.4 Å². The molecule has 1 N–H and O–H groups in total. The highest BCUT2D eigenvalue weighted by atomic mass is 16.5. The molecule has 0 saturated heterocycles. The predicted octanol–water partition coefficient (Wildman–Crippen LogP) is 3.26. The second-order valence-corrected chi connectivity index (χ2v) is 6.74. The van der Waals surface area contributed by atoms with E-state index in [0.29, 0.717) is 29.2 Å². The zero-order valence-corrected chi connectivity index (χ0v) is 15.4. The normalized spacial score (nSPS) is 11.1. The Balaban J connectivity index is 1.93. The van der Waals surface area contributed by atoms with Gasteiger partial charge in [-0.2, -0.15) is 0 Å². The lowest BCUT2D eigenvalue weighted by molar-refractivity contribution is 0.101. The molecular weight excluding hydrogens is 330 g/mol. The molecule has 1 amide bonds. The number of carbonyl (C=O) groups is 1. The monoisotopic (exact) mass is 353 g/mol. The van der Waals surface area contributed by atoms with Crippen molar-refractivity contribution in [3.05, 3.63) is 58.6 Å². The quantitative estimate of drug-likeness (QED) is 0.766. The molecule has 0 spiro atoms. The number of amides is 1. The highest BCUT2D eigenvalue weighted by molar-refractivity contribution is 6.06. The largest absolute Gasteiger partial charge is 0.497 e. The van der Waals surface area contributed by atoms with E-state index in [1.165, 1.54) is 0 Å². The van der Waals surface area contributed by atoms with Gasteiger partial charge in [0.15, 0.2) is 0 Å². The second kappa shape index (κ2) is 7.07. The second-order valence-electron chi connectivity index (χ2n) is 6.74. The lowest BCUT2D eigenvalue weighted by atomic mass is 10.2. The van der Waals surface area contributed by atoms with Crippen molar-refractivity contribution in [1.82, 2.24) is 9.13 Å². The van der Waals surface area contributed by atoms with Crippen molar-refractivity contribution in [2.75, 3.05) is 12.4 Å². The first kappa shape index (κ1) is 17.8. The summed E-state index contributed by atoms with van der Waals surface area (Å²) >= 11 is 0. The van der Waals surface area contributed by atoms with Gasteiger partial charge in [-0.3, -0.25) is 9.59 Å². The summed E-state index contributed by atoms with van der Waals surface area (Å²) in [5, 5.41) is 3.40. The van der Waals surface area contributed by atoms with Gasteiger partial charge in [0.1, 0.15) is 11.4 Å². The molecule has 2 aromatic heterocycles. The van der Waals surface area contributed by atoms with E-state index in [9.17, 15) is 9.59 Å².